The van der Waals surface area contributed by atoms with Gasteiger partial charge in [0, 0.05) is 34.0 Å². The largest absolute Gasteiger partial charge is 0.921 e. The average molecular weight is 474 g/mol. The molecule has 0 heterocycles. The van der Waals surface area contributed by atoms with Crippen LogP contribution < -0.4 is 0 Å². The maximum atomic E-state index is 13.5. The van der Waals surface area contributed by atoms with E-state index in [0.29, 0.717) is 0 Å². The first kappa shape index (κ1) is 29.1. The van der Waals surface area contributed by atoms with E-state index in [1.54, 1.807) is 0 Å². The smallest absolute Gasteiger partial charge is 0.405 e. The van der Waals surface area contributed by atoms with Crippen molar-refractivity contribution in [2.75, 3.05) is 0 Å². The molecule has 0 atom stereocenters. The standard InChI is InChI=1S/3C6H15O2P.Al/c3*1-5(2)9(7,8)6(3)4;/h3*5-6H,1-4H3,(H,7,8);/q;;;+3/p-3. The molecule has 0 rings (SSSR count). The summed E-state index contributed by atoms with van der Waals surface area (Å²) >= 11 is -3.23. The van der Waals surface area contributed by atoms with Gasteiger partial charge in [0.05, 0.1) is 0 Å². The van der Waals surface area contributed by atoms with E-state index in [1.165, 1.54) is 0 Å². The second-order valence-electron chi connectivity index (χ2n) is 9.10. The Morgan fingerprint density at radius 3 is 0.679 bits per heavy atom. The van der Waals surface area contributed by atoms with Crippen molar-refractivity contribution >= 4 is 37.3 Å². The molecule has 0 spiro atoms. The van der Waals surface area contributed by atoms with E-state index in [2.05, 4.69) is 0 Å². The quantitative estimate of drug-likeness (QED) is 0.218. The summed E-state index contributed by atoms with van der Waals surface area (Å²) in [7, 11) is -9.43. The van der Waals surface area contributed by atoms with E-state index in [1.807, 2.05) is 83.1 Å². The summed E-state index contributed by atoms with van der Waals surface area (Å²) in [4.78, 5) is 0. The van der Waals surface area contributed by atoms with E-state index in [4.69, 9.17) is 10.7 Å². The molecule has 0 saturated carbocycles. The lowest BCUT2D eigenvalue weighted by molar-refractivity contribution is 0.293. The second kappa shape index (κ2) is 11.1. The molecule has 0 N–H and O–H groups in total. The number of hydrogen-bond donors (Lipinski definition) is 0. The van der Waals surface area contributed by atoms with Crippen molar-refractivity contribution < 1.29 is 24.4 Å². The van der Waals surface area contributed by atoms with Gasteiger partial charge in [0.1, 0.15) is 0 Å². The average Bonchev–Trinajstić information content (AvgIpc) is 2.52. The minimum absolute atomic E-state index is 0.246. The van der Waals surface area contributed by atoms with Gasteiger partial charge in [0.25, 0.3) is 0 Å². The van der Waals surface area contributed by atoms with Gasteiger partial charge in [-0.2, -0.15) is 0 Å². The van der Waals surface area contributed by atoms with Gasteiger partial charge in [-0.1, -0.05) is 83.1 Å². The number of hydrogen-bond acceptors (Lipinski definition) is 6. The predicted octanol–water partition coefficient (Wildman–Crippen LogP) is 7.31. The molecule has 0 aromatic heterocycles. The van der Waals surface area contributed by atoms with Crippen LogP contribution in [0, 0.1) is 0 Å². The fourth-order valence-corrected chi connectivity index (χ4v) is 17.1. The monoisotopic (exact) mass is 474 g/mol. The molecule has 0 bridgehead atoms. The summed E-state index contributed by atoms with van der Waals surface area (Å²) < 4.78 is 58.8. The SMILES string of the molecule is CC(C)P(=O)([O][Al]([O]P(=O)(C(C)C)C(C)C)[O]P(=O)(C(C)C)C(C)C)C(C)C. The first-order valence-electron chi connectivity index (χ1n) is 10.3. The summed E-state index contributed by atoms with van der Waals surface area (Å²) in [6, 6.07) is 0. The minimum Gasteiger partial charge on any atom is -0.405 e. The highest BCUT2D eigenvalue weighted by Crippen LogP contribution is 2.64. The van der Waals surface area contributed by atoms with Crippen molar-refractivity contribution in [3.8, 4) is 0 Å². The molecule has 0 aliphatic carbocycles. The molecular formula is C18H42AlO6P3. The molecule has 0 unspecified atom stereocenters. The summed E-state index contributed by atoms with van der Waals surface area (Å²) in [5, 5.41) is 0. The zero-order valence-electron chi connectivity index (χ0n) is 19.8. The van der Waals surface area contributed by atoms with Crippen LogP contribution in [-0.2, 0) is 24.4 Å². The Hall–Kier alpha value is 1.10. The lowest BCUT2D eigenvalue weighted by atomic mass is 10.5. The van der Waals surface area contributed by atoms with Crippen LogP contribution in [0.3, 0.4) is 0 Å². The van der Waals surface area contributed by atoms with Gasteiger partial charge in [0.2, 0.25) is 0 Å². The van der Waals surface area contributed by atoms with Crippen LogP contribution in [0.2, 0.25) is 0 Å². The molecule has 10 heteroatoms. The Balaban J connectivity index is 6.22. The molecule has 0 aromatic rings. The first-order valence-corrected chi connectivity index (χ1v) is 17.0. The molecule has 0 aliphatic heterocycles. The highest BCUT2D eigenvalue weighted by atomic mass is 31.2. The Bertz CT molecular complexity index is 509. The fourth-order valence-electron chi connectivity index (χ4n) is 2.98. The molecule has 0 amide bonds. The van der Waals surface area contributed by atoms with Crippen molar-refractivity contribution in [3.63, 3.8) is 0 Å². The van der Waals surface area contributed by atoms with Crippen LogP contribution in [0.15, 0.2) is 0 Å². The van der Waals surface area contributed by atoms with Crippen molar-refractivity contribution in [2.45, 2.75) is 117 Å². The zero-order valence-corrected chi connectivity index (χ0v) is 23.7. The maximum Gasteiger partial charge on any atom is 0.921 e. The fraction of sp³-hybridized carbons (Fsp3) is 1.00. The van der Waals surface area contributed by atoms with Crippen LogP contribution in [-0.4, -0.2) is 49.1 Å². The van der Waals surface area contributed by atoms with Crippen molar-refractivity contribution in [2.24, 2.45) is 0 Å². The molecular weight excluding hydrogens is 432 g/mol. The van der Waals surface area contributed by atoms with Gasteiger partial charge in [-0.3, -0.25) is 13.7 Å². The highest BCUT2D eigenvalue weighted by Gasteiger charge is 2.53. The molecule has 28 heavy (non-hydrogen) atoms. The van der Waals surface area contributed by atoms with Gasteiger partial charge in [0.15, 0.2) is 22.1 Å². The molecule has 0 saturated heterocycles. The Labute approximate surface area is 178 Å². The summed E-state index contributed by atoms with van der Waals surface area (Å²) in [6.45, 7) is 22.0. The molecule has 168 valence electrons. The van der Waals surface area contributed by atoms with Crippen molar-refractivity contribution in [1.82, 2.24) is 0 Å². The zero-order chi connectivity index (χ0) is 22.7. The predicted molar refractivity (Wildman–Crippen MR) is 123 cm³/mol. The highest BCUT2D eigenvalue weighted by molar-refractivity contribution is 7.64. The third-order valence-corrected chi connectivity index (χ3v) is 19.7. The van der Waals surface area contributed by atoms with Crippen LogP contribution in [0.1, 0.15) is 83.1 Å². The molecule has 0 radical (unpaired) electrons. The lowest BCUT2D eigenvalue weighted by Crippen LogP contribution is -2.32. The van der Waals surface area contributed by atoms with Gasteiger partial charge < -0.3 is 10.7 Å². The Kier molecular flexibility index (Phi) is 11.5. The van der Waals surface area contributed by atoms with E-state index in [0.717, 1.165) is 0 Å². The Morgan fingerprint density at radius 2 is 0.571 bits per heavy atom. The van der Waals surface area contributed by atoms with Gasteiger partial charge in [-0.25, -0.2) is 0 Å². The van der Waals surface area contributed by atoms with Crippen LogP contribution >= 0.6 is 22.1 Å². The third-order valence-electron chi connectivity index (χ3n) is 5.07. The maximum absolute atomic E-state index is 13.5. The van der Waals surface area contributed by atoms with Crippen molar-refractivity contribution in [1.29, 1.82) is 0 Å². The van der Waals surface area contributed by atoms with Crippen LogP contribution in [0.4, 0.5) is 0 Å². The normalized spacial score (nSPS) is 14.4. The van der Waals surface area contributed by atoms with E-state index >= 15 is 0 Å². The topological polar surface area (TPSA) is 78.9 Å². The Morgan fingerprint density at radius 1 is 0.429 bits per heavy atom. The second-order valence-corrected chi connectivity index (χ2v) is 22.3. The minimum atomic E-state index is -3.23. The molecule has 6 nitrogen and oxygen atoms in total. The van der Waals surface area contributed by atoms with Crippen molar-refractivity contribution in [3.05, 3.63) is 0 Å². The lowest BCUT2D eigenvalue weighted by Gasteiger charge is -2.35. The molecule has 0 fully saturated rings. The van der Waals surface area contributed by atoms with Gasteiger partial charge >= 0.3 is 15.1 Å². The van der Waals surface area contributed by atoms with E-state index in [9.17, 15) is 13.7 Å². The molecule has 0 aromatic carbocycles. The number of rotatable bonds is 12. The summed E-state index contributed by atoms with van der Waals surface area (Å²) in [5.41, 5.74) is -1.47. The third kappa shape index (κ3) is 6.80. The van der Waals surface area contributed by atoms with E-state index < -0.39 is 37.3 Å². The van der Waals surface area contributed by atoms with Crippen LogP contribution in [0.25, 0.3) is 0 Å². The summed E-state index contributed by atoms with van der Waals surface area (Å²) in [5.74, 6) is 0. The summed E-state index contributed by atoms with van der Waals surface area (Å²) in [6.07, 6.45) is 0. The van der Waals surface area contributed by atoms with Crippen LogP contribution in [0.5, 0.6) is 0 Å². The molecule has 0 aliphatic rings. The first-order chi connectivity index (χ1) is 12.4. The van der Waals surface area contributed by atoms with E-state index in [-0.39, 0.29) is 34.0 Å². The van der Waals surface area contributed by atoms with Gasteiger partial charge in [-0.15, -0.1) is 0 Å². The van der Waals surface area contributed by atoms with Gasteiger partial charge in [-0.05, 0) is 0 Å².